The van der Waals surface area contributed by atoms with Crippen LogP contribution in [0.2, 0.25) is 0 Å². The van der Waals surface area contributed by atoms with E-state index in [1.165, 1.54) is 4.90 Å². The number of anilines is 2. The van der Waals surface area contributed by atoms with Crippen LogP contribution in [0.25, 0.3) is 0 Å². The van der Waals surface area contributed by atoms with Gasteiger partial charge in [-0.3, -0.25) is 14.7 Å². The zero-order valence-electron chi connectivity index (χ0n) is 19.0. The zero-order chi connectivity index (χ0) is 23.5. The van der Waals surface area contributed by atoms with Gasteiger partial charge in [0.2, 0.25) is 6.17 Å². The standard InChI is InChI=1S/C26H27N5O2/c1-17(2)16-30-22-13-5-4-11-20(22)23(21-12-6-7-14-28-21)29-24(25(30)32)31(26(27)33)19-10-8-9-18(3)15-19/h4-15,17,24H,16H2,1-3H3,(H2,27,33). The summed E-state index contributed by atoms with van der Waals surface area (Å²) in [5.41, 5.74) is 9.95. The van der Waals surface area contributed by atoms with Gasteiger partial charge in [-0.05, 0) is 48.7 Å². The number of hydrogen-bond donors (Lipinski definition) is 1. The Morgan fingerprint density at radius 1 is 1.09 bits per heavy atom. The Labute approximate surface area is 193 Å². The van der Waals surface area contributed by atoms with Crippen LogP contribution in [0.1, 0.15) is 30.7 Å². The molecule has 1 unspecified atom stereocenters. The van der Waals surface area contributed by atoms with Gasteiger partial charge < -0.3 is 10.6 Å². The molecule has 33 heavy (non-hydrogen) atoms. The van der Waals surface area contributed by atoms with Crippen LogP contribution in [0.4, 0.5) is 16.2 Å². The molecule has 0 bridgehead atoms. The van der Waals surface area contributed by atoms with Crippen LogP contribution in [-0.2, 0) is 4.79 Å². The van der Waals surface area contributed by atoms with E-state index in [0.717, 1.165) is 16.8 Å². The largest absolute Gasteiger partial charge is 0.351 e. The molecule has 2 N–H and O–H groups in total. The van der Waals surface area contributed by atoms with E-state index in [0.29, 0.717) is 23.6 Å². The summed E-state index contributed by atoms with van der Waals surface area (Å²) >= 11 is 0. The topological polar surface area (TPSA) is 91.9 Å². The van der Waals surface area contributed by atoms with Gasteiger partial charge in [-0.25, -0.2) is 9.79 Å². The second-order valence-corrected chi connectivity index (χ2v) is 8.47. The molecule has 4 rings (SSSR count). The summed E-state index contributed by atoms with van der Waals surface area (Å²) in [5.74, 6) is -0.123. The fraction of sp³-hybridized carbons (Fsp3) is 0.231. The van der Waals surface area contributed by atoms with Gasteiger partial charge in [-0.15, -0.1) is 0 Å². The van der Waals surface area contributed by atoms with E-state index in [-0.39, 0.29) is 11.8 Å². The van der Waals surface area contributed by atoms with Crippen molar-refractivity contribution in [3.63, 3.8) is 0 Å². The van der Waals surface area contributed by atoms with Crippen LogP contribution < -0.4 is 15.5 Å². The zero-order valence-corrected chi connectivity index (χ0v) is 19.0. The molecule has 1 aromatic heterocycles. The molecule has 0 radical (unpaired) electrons. The van der Waals surface area contributed by atoms with Gasteiger partial charge in [0.1, 0.15) is 0 Å². The minimum Gasteiger partial charge on any atom is -0.351 e. The molecule has 0 aliphatic carbocycles. The van der Waals surface area contributed by atoms with Crippen molar-refractivity contribution in [2.75, 3.05) is 16.3 Å². The molecule has 2 aromatic carbocycles. The minimum absolute atomic E-state index is 0.194. The smallest absolute Gasteiger partial charge is 0.321 e. The first-order valence-electron chi connectivity index (χ1n) is 10.9. The van der Waals surface area contributed by atoms with Crippen molar-refractivity contribution in [2.45, 2.75) is 26.9 Å². The number of benzodiazepines with no additional fused rings is 1. The average Bonchev–Trinajstić information content (AvgIpc) is 2.90. The Morgan fingerprint density at radius 2 is 1.85 bits per heavy atom. The number of urea groups is 1. The molecular weight excluding hydrogens is 414 g/mol. The second-order valence-electron chi connectivity index (χ2n) is 8.47. The van der Waals surface area contributed by atoms with Gasteiger partial charge in [0.05, 0.1) is 17.1 Å². The summed E-state index contributed by atoms with van der Waals surface area (Å²) in [7, 11) is 0. The van der Waals surface area contributed by atoms with E-state index in [1.807, 2.05) is 81.4 Å². The first-order valence-corrected chi connectivity index (χ1v) is 10.9. The highest BCUT2D eigenvalue weighted by Crippen LogP contribution is 2.31. The molecule has 7 nitrogen and oxygen atoms in total. The lowest BCUT2D eigenvalue weighted by atomic mass is 10.0. The highest BCUT2D eigenvalue weighted by Gasteiger charge is 2.38. The van der Waals surface area contributed by atoms with Crippen molar-refractivity contribution in [3.05, 3.63) is 89.7 Å². The molecule has 0 spiro atoms. The predicted molar refractivity (Wildman–Crippen MR) is 131 cm³/mol. The lowest BCUT2D eigenvalue weighted by Gasteiger charge is -2.31. The summed E-state index contributed by atoms with van der Waals surface area (Å²) < 4.78 is 0. The van der Waals surface area contributed by atoms with Crippen LogP contribution in [0.3, 0.4) is 0 Å². The van der Waals surface area contributed by atoms with Gasteiger partial charge in [-0.2, -0.15) is 0 Å². The van der Waals surface area contributed by atoms with Crippen LogP contribution in [0.5, 0.6) is 0 Å². The molecule has 168 valence electrons. The Kier molecular flexibility index (Phi) is 6.22. The van der Waals surface area contributed by atoms with Gasteiger partial charge in [0.15, 0.2) is 0 Å². The number of pyridine rings is 1. The third kappa shape index (κ3) is 4.48. The van der Waals surface area contributed by atoms with E-state index >= 15 is 0 Å². The van der Waals surface area contributed by atoms with Crippen LogP contribution in [-0.4, -0.2) is 35.3 Å². The summed E-state index contributed by atoms with van der Waals surface area (Å²) in [5, 5.41) is 0. The van der Waals surface area contributed by atoms with E-state index in [2.05, 4.69) is 4.98 Å². The van der Waals surface area contributed by atoms with Crippen molar-refractivity contribution in [3.8, 4) is 0 Å². The van der Waals surface area contributed by atoms with E-state index < -0.39 is 12.2 Å². The molecule has 1 aliphatic rings. The highest BCUT2D eigenvalue weighted by atomic mass is 16.2. The number of aromatic nitrogens is 1. The number of aliphatic imine (C=N–C) groups is 1. The van der Waals surface area contributed by atoms with Crippen molar-refractivity contribution in [1.29, 1.82) is 0 Å². The van der Waals surface area contributed by atoms with Crippen LogP contribution >= 0.6 is 0 Å². The normalized spacial score (nSPS) is 15.6. The number of para-hydroxylation sites is 1. The SMILES string of the molecule is Cc1cccc(N(C(N)=O)C2N=C(c3ccccn3)c3ccccc3N(CC(C)C)C2=O)c1. The predicted octanol–water partition coefficient (Wildman–Crippen LogP) is 4.14. The number of primary amides is 1. The maximum absolute atomic E-state index is 14.0. The number of nitrogens with two attached hydrogens (primary N) is 1. The monoisotopic (exact) mass is 441 g/mol. The number of hydrogen-bond acceptors (Lipinski definition) is 4. The van der Waals surface area contributed by atoms with Gasteiger partial charge >= 0.3 is 6.03 Å². The molecule has 0 saturated carbocycles. The van der Waals surface area contributed by atoms with Gasteiger partial charge in [-0.1, -0.05) is 50.2 Å². The van der Waals surface area contributed by atoms with E-state index in [9.17, 15) is 9.59 Å². The summed E-state index contributed by atoms with van der Waals surface area (Å²) in [4.78, 5) is 39.0. The molecule has 7 heteroatoms. The maximum atomic E-state index is 14.0. The number of amides is 3. The fourth-order valence-electron chi connectivity index (χ4n) is 4.01. The molecule has 1 aliphatic heterocycles. The molecule has 1 atom stereocenters. The van der Waals surface area contributed by atoms with E-state index in [1.54, 1.807) is 17.2 Å². The number of carbonyl (C=O) groups is 2. The molecule has 0 saturated heterocycles. The summed E-state index contributed by atoms with van der Waals surface area (Å²) in [6.45, 7) is 6.48. The number of benzene rings is 2. The molecule has 2 heterocycles. The fourth-order valence-corrected chi connectivity index (χ4v) is 4.01. The third-order valence-corrected chi connectivity index (χ3v) is 5.41. The van der Waals surface area contributed by atoms with Gasteiger partial charge in [0, 0.05) is 24.0 Å². The molecule has 3 amide bonds. The van der Waals surface area contributed by atoms with Crippen LogP contribution in [0, 0.1) is 12.8 Å². The van der Waals surface area contributed by atoms with E-state index in [4.69, 9.17) is 10.7 Å². The lowest BCUT2D eigenvalue weighted by molar-refractivity contribution is -0.119. The molecule has 0 fully saturated rings. The summed E-state index contributed by atoms with van der Waals surface area (Å²) in [6.07, 6.45) is 0.507. The first kappa shape index (κ1) is 22.2. The average molecular weight is 442 g/mol. The number of aryl methyl sites for hydroxylation is 1. The van der Waals surface area contributed by atoms with Crippen molar-refractivity contribution in [1.82, 2.24) is 4.98 Å². The van der Waals surface area contributed by atoms with Crippen LogP contribution in [0.15, 0.2) is 77.9 Å². The quantitative estimate of drug-likeness (QED) is 0.645. The van der Waals surface area contributed by atoms with Crippen molar-refractivity contribution >= 4 is 29.0 Å². The number of carbonyl (C=O) groups excluding carboxylic acids is 2. The number of nitrogens with zero attached hydrogens (tertiary/aromatic N) is 4. The Balaban J connectivity index is 1.97. The van der Waals surface area contributed by atoms with Crippen molar-refractivity contribution in [2.24, 2.45) is 16.6 Å². The Bertz CT molecular complexity index is 1210. The number of rotatable bonds is 5. The number of fused-ring (bicyclic) bond motifs is 1. The maximum Gasteiger partial charge on any atom is 0.321 e. The lowest BCUT2D eigenvalue weighted by Crippen LogP contribution is -2.52. The molecule has 3 aromatic rings. The highest BCUT2D eigenvalue weighted by molar-refractivity contribution is 6.20. The minimum atomic E-state index is -1.17. The second kappa shape index (κ2) is 9.24. The summed E-state index contributed by atoms with van der Waals surface area (Å²) in [6, 6.07) is 19.7. The van der Waals surface area contributed by atoms with Crippen molar-refractivity contribution < 1.29 is 9.59 Å². The Morgan fingerprint density at radius 3 is 2.52 bits per heavy atom. The third-order valence-electron chi connectivity index (χ3n) is 5.41. The van der Waals surface area contributed by atoms with Gasteiger partial charge in [0.25, 0.3) is 5.91 Å². The first-order chi connectivity index (χ1) is 15.9. The molecular formula is C26H27N5O2. The Hall–Kier alpha value is -4.00.